The van der Waals surface area contributed by atoms with E-state index in [9.17, 15) is 4.79 Å². The molecule has 2 aliphatic heterocycles. The summed E-state index contributed by atoms with van der Waals surface area (Å²) in [5.41, 5.74) is 5.87. The van der Waals surface area contributed by atoms with Gasteiger partial charge in [0.15, 0.2) is 0 Å². The number of carbonyl (C=O) groups excluding carboxylic acids is 1. The van der Waals surface area contributed by atoms with Gasteiger partial charge in [0, 0.05) is 10.5 Å². The molecular weight excluding hydrogens is 198 g/mol. The van der Waals surface area contributed by atoms with Crippen molar-refractivity contribution in [3.63, 3.8) is 0 Å². The first kappa shape index (κ1) is 10.3. The summed E-state index contributed by atoms with van der Waals surface area (Å²) < 4.78 is 4.69. The second-order valence-electron chi connectivity index (χ2n) is 4.24. The van der Waals surface area contributed by atoms with Crippen LogP contribution in [0.4, 0.5) is 0 Å². The maximum absolute atomic E-state index is 11.3. The third kappa shape index (κ3) is 1.91. The van der Waals surface area contributed by atoms with Crippen LogP contribution in [0.2, 0.25) is 0 Å². The number of methoxy groups -OCH3 is 1. The highest BCUT2D eigenvalue weighted by Crippen LogP contribution is 2.46. The Hall–Kier alpha value is -0.220. The van der Waals surface area contributed by atoms with E-state index in [2.05, 4.69) is 16.5 Å². The van der Waals surface area contributed by atoms with Crippen molar-refractivity contribution in [2.75, 3.05) is 7.11 Å². The normalized spacial score (nSPS) is 38.0. The number of ether oxygens (including phenoxy) is 1. The quantitative estimate of drug-likeness (QED) is 0.702. The van der Waals surface area contributed by atoms with Gasteiger partial charge >= 0.3 is 5.97 Å². The Labute approximate surface area is 88.8 Å². The molecule has 3 nitrogen and oxygen atoms in total. The maximum atomic E-state index is 11.3. The average Bonchev–Trinajstić information content (AvgIpc) is 2.55. The zero-order valence-electron chi connectivity index (χ0n) is 8.44. The SMILES string of the molecule is COC(=O)C(N)C1CC2CCC(C1)S2. The van der Waals surface area contributed by atoms with E-state index < -0.39 is 6.04 Å². The lowest BCUT2D eigenvalue weighted by Crippen LogP contribution is -2.41. The van der Waals surface area contributed by atoms with Gasteiger partial charge in [-0.15, -0.1) is 0 Å². The molecule has 0 aliphatic carbocycles. The Kier molecular flexibility index (Phi) is 3.02. The number of fused-ring (bicyclic) bond motifs is 2. The summed E-state index contributed by atoms with van der Waals surface area (Å²) in [6.07, 6.45) is 4.80. The summed E-state index contributed by atoms with van der Waals surface area (Å²) >= 11 is 2.09. The molecule has 0 aromatic carbocycles. The van der Waals surface area contributed by atoms with Crippen molar-refractivity contribution in [2.24, 2.45) is 11.7 Å². The number of thioether (sulfide) groups is 1. The Balaban J connectivity index is 1.95. The highest BCUT2D eigenvalue weighted by atomic mass is 32.2. The molecule has 2 saturated heterocycles. The maximum Gasteiger partial charge on any atom is 0.322 e. The van der Waals surface area contributed by atoms with E-state index in [0.29, 0.717) is 5.92 Å². The molecule has 80 valence electrons. The van der Waals surface area contributed by atoms with E-state index in [0.717, 1.165) is 23.3 Å². The summed E-state index contributed by atoms with van der Waals surface area (Å²) in [6.45, 7) is 0. The molecule has 3 unspecified atom stereocenters. The minimum atomic E-state index is -0.399. The number of nitrogens with two attached hydrogens (primary N) is 1. The van der Waals surface area contributed by atoms with Crippen LogP contribution in [-0.2, 0) is 9.53 Å². The highest BCUT2D eigenvalue weighted by molar-refractivity contribution is 8.00. The van der Waals surface area contributed by atoms with Crippen LogP contribution in [-0.4, -0.2) is 29.6 Å². The highest BCUT2D eigenvalue weighted by Gasteiger charge is 2.39. The van der Waals surface area contributed by atoms with E-state index in [4.69, 9.17) is 5.73 Å². The molecule has 0 radical (unpaired) electrons. The number of esters is 1. The molecule has 3 atom stereocenters. The van der Waals surface area contributed by atoms with E-state index in [-0.39, 0.29) is 5.97 Å². The molecule has 14 heavy (non-hydrogen) atoms. The first-order valence-corrected chi connectivity index (χ1v) is 6.14. The number of rotatable bonds is 2. The summed E-state index contributed by atoms with van der Waals surface area (Å²) in [7, 11) is 1.41. The van der Waals surface area contributed by atoms with Gasteiger partial charge in [-0.25, -0.2) is 0 Å². The Morgan fingerprint density at radius 2 is 2.00 bits per heavy atom. The van der Waals surface area contributed by atoms with Gasteiger partial charge in [0.05, 0.1) is 7.11 Å². The fourth-order valence-electron chi connectivity index (χ4n) is 2.52. The molecule has 2 aliphatic rings. The number of hydrogen-bond acceptors (Lipinski definition) is 4. The van der Waals surface area contributed by atoms with Crippen molar-refractivity contribution in [3.8, 4) is 0 Å². The van der Waals surface area contributed by atoms with Crippen molar-refractivity contribution in [2.45, 2.75) is 42.2 Å². The van der Waals surface area contributed by atoms with Gasteiger partial charge < -0.3 is 10.5 Å². The van der Waals surface area contributed by atoms with E-state index >= 15 is 0 Å². The predicted octanol–water partition coefficient (Wildman–Crippen LogP) is 1.16. The largest absolute Gasteiger partial charge is 0.468 e. The molecule has 0 amide bonds. The molecule has 2 heterocycles. The molecule has 2 fully saturated rings. The van der Waals surface area contributed by atoms with Crippen molar-refractivity contribution >= 4 is 17.7 Å². The summed E-state index contributed by atoms with van der Waals surface area (Å²) in [5.74, 6) is 0.0995. The van der Waals surface area contributed by atoms with Gasteiger partial charge in [-0.2, -0.15) is 11.8 Å². The second-order valence-corrected chi connectivity index (χ2v) is 5.84. The number of hydrogen-bond donors (Lipinski definition) is 1. The van der Waals surface area contributed by atoms with Gasteiger partial charge in [-0.05, 0) is 31.6 Å². The molecule has 2 N–H and O–H groups in total. The monoisotopic (exact) mass is 215 g/mol. The lowest BCUT2D eigenvalue weighted by molar-refractivity contribution is -0.143. The lowest BCUT2D eigenvalue weighted by atomic mass is 9.92. The fraction of sp³-hybridized carbons (Fsp3) is 0.900. The zero-order valence-corrected chi connectivity index (χ0v) is 9.26. The fourth-order valence-corrected chi connectivity index (χ4v) is 4.33. The third-order valence-electron chi connectivity index (χ3n) is 3.31. The minimum absolute atomic E-state index is 0.249. The molecule has 0 aromatic rings. The minimum Gasteiger partial charge on any atom is -0.468 e. The third-order valence-corrected chi connectivity index (χ3v) is 4.93. The molecule has 0 aromatic heterocycles. The van der Waals surface area contributed by atoms with Crippen LogP contribution in [0.5, 0.6) is 0 Å². The lowest BCUT2D eigenvalue weighted by Gasteiger charge is -2.30. The van der Waals surface area contributed by atoms with Crippen molar-refractivity contribution in [1.82, 2.24) is 0 Å². The van der Waals surface area contributed by atoms with E-state index in [1.165, 1.54) is 20.0 Å². The van der Waals surface area contributed by atoms with Gasteiger partial charge in [-0.1, -0.05) is 0 Å². The van der Waals surface area contributed by atoms with Gasteiger partial charge in [-0.3, -0.25) is 4.79 Å². The zero-order chi connectivity index (χ0) is 10.1. The molecule has 2 bridgehead atoms. The Bertz CT molecular complexity index is 222. The number of carbonyl (C=O) groups is 1. The molecule has 0 saturated carbocycles. The summed E-state index contributed by atoms with van der Waals surface area (Å²) in [5, 5.41) is 1.49. The predicted molar refractivity (Wildman–Crippen MR) is 57.1 cm³/mol. The summed E-state index contributed by atoms with van der Waals surface area (Å²) in [4.78, 5) is 11.3. The van der Waals surface area contributed by atoms with Crippen LogP contribution in [0.3, 0.4) is 0 Å². The molecule has 0 spiro atoms. The van der Waals surface area contributed by atoms with Crippen molar-refractivity contribution in [3.05, 3.63) is 0 Å². The Morgan fingerprint density at radius 1 is 1.43 bits per heavy atom. The topological polar surface area (TPSA) is 52.3 Å². The first-order valence-electron chi connectivity index (χ1n) is 5.19. The summed E-state index contributed by atoms with van der Waals surface area (Å²) in [6, 6.07) is -0.399. The van der Waals surface area contributed by atoms with Crippen LogP contribution < -0.4 is 5.73 Å². The van der Waals surface area contributed by atoms with Crippen molar-refractivity contribution in [1.29, 1.82) is 0 Å². The second kappa shape index (κ2) is 4.11. The smallest absolute Gasteiger partial charge is 0.322 e. The Morgan fingerprint density at radius 3 is 2.50 bits per heavy atom. The van der Waals surface area contributed by atoms with Crippen LogP contribution >= 0.6 is 11.8 Å². The van der Waals surface area contributed by atoms with Crippen molar-refractivity contribution < 1.29 is 9.53 Å². The first-order chi connectivity index (χ1) is 6.70. The molecular formula is C10H17NO2S. The van der Waals surface area contributed by atoms with Crippen LogP contribution in [0.25, 0.3) is 0 Å². The van der Waals surface area contributed by atoms with Crippen LogP contribution in [0, 0.1) is 5.92 Å². The van der Waals surface area contributed by atoms with E-state index in [1.54, 1.807) is 0 Å². The van der Waals surface area contributed by atoms with Gasteiger partial charge in [0.25, 0.3) is 0 Å². The van der Waals surface area contributed by atoms with Gasteiger partial charge in [0.1, 0.15) is 6.04 Å². The van der Waals surface area contributed by atoms with Gasteiger partial charge in [0.2, 0.25) is 0 Å². The van der Waals surface area contributed by atoms with Crippen LogP contribution in [0.1, 0.15) is 25.7 Å². The average molecular weight is 215 g/mol. The standard InChI is InChI=1S/C10H17NO2S/c1-13-10(12)9(11)6-4-7-2-3-8(5-6)14-7/h6-9H,2-5,11H2,1H3. The van der Waals surface area contributed by atoms with E-state index in [1.807, 2.05) is 0 Å². The molecule has 2 rings (SSSR count). The van der Waals surface area contributed by atoms with Crippen LogP contribution in [0.15, 0.2) is 0 Å². The molecule has 4 heteroatoms.